The molecule has 4 rings (SSSR count). The average Bonchev–Trinajstić information content (AvgIpc) is 3.25. The van der Waals surface area contributed by atoms with Crippen LogP contribution in [0.2, 0.25) is 0 Å². The molecule has 6 heteroatoms. The maximum absolute atomic E-state index is 12.4. The van der Waals surface area contributed by atoms with Gasteiger partial charge in [-0.2, -0.15) is 0 Å². The fourth-order valence-corrected chi connectivity index (χ4v) is 4.03. The van der Waals surface area contributed by atoms with E-state index in [0.29, 0.717) is 19.7 Å². The maximum Gasteiger partial charge on any atom is 0.317 e. The molecule has 2 heterocycles. The first-order valence-electron chi connectivity index (χ1n) is 9.35. The van der Waals surface area contributed by atoms with Crippen LogP contribution in [-0.4, -0.2) is 52.7 Å². The Morgan fingerprint density at radius 1 is 1.32 bits per heavy atom. The first-order valence-corrected chi connectivity index (χ1v) is 9.35. The molecular weight excluding hydrogens is 316 g/mol. The minimum absolute atomic E-state index is 0.0409. The van der Waals surface area contributed by atoms with Crippen LogP contribution in [0.3, 0.4) is 0 Å². The fourth-order valence-electron chi connectivity index (χ4n) is 4.03. The summed E-state index contributed by atoms with van der Waals surface area (Å²) >= 11 is 0. The molecule has 0 atom stereocenters. The zero-order valence-corrected chi connectivity index (χ0v) is 14.6. The molecular formula is C19H26N4O2. The van der Waals surface area contributed by atoms with E-state index < -0.39 is 0 Å². The van der Waals surface area contributed by atoms with E-state index in [-0.39, 0.29) is 11.6 Å². The number of rotatable bonds is 4. The number of hydrogen-bond donors (Lipinski definition) is 2. The third kappa shape index (κ3) is 3.63. The zero-order chi connectivity index (χ0) is 17.1. The topological polar surface area (TPSA) is 70.2 Å². The number of nitrogens with one attached hydrogen (secondary N) is 2. The summed E-state index contributed by atoms with van der Waals surface area (Å²) in [6.07, 6.45) is 6.31. The molecule has 0 unspecified atom stereocenters. The number of urea groups is 1. The van der Waals surface area contributed by atoms with Crippen LogP contribution in [0.4, 0.5) is 4.79 Å². The molecule has 1 aromatic heterocycles. The highest BCUT2D eigenvalue weighted by atomic mass is 16.5. The van der Waals surface area contributed by atoms with Gasteiger partial charge in [0.05, 0.1) is 29.8 Å². The number of para-hydroxylation sites is 2. The molecule has 2 amide bonds. The molecule has 0 radical (unpaired) electrons. The van der Waals surface area contributed by atoms with Crippen LogP contribution in [0, 0.1) is 0 Å². The number of imidazole rings is 1. The quantitative estimate of drug-likeness (QED) is 0.840. The Kier molecular flexibility index (Phi) is 4.61. The molecule has 2 aliphatic rings. The second-order valence-corrected chi connectivity index (χ2v) is 7.20. The van der Waals surface area contributed by atoms with Crippen molar-refractivity contribution in [1.29, 1.82) is 0 Å². The number of amides is 2. The monoisotopic (exact) mass is 342 g/mol. The zero-order valence-electron chi connectivity index (χ0n) is 14.6. The minimum Gasteiger partial charge on any atom is -0.371 e. The average molecular weight is 342 g/mol. The maximum atomic E-state index is 12.4. The van der Waals surface area contributed by atoms with E-state index >= 15 is 0 Å². The van der Waals surface area contributed by atoms with Crippen LogP contribution >= 0.6 is 0 Å². The van der Waals surface area contributed by atoms with Gasteiger partial charge in [0.2, 0.25) is 0 Å². The van der Waals surface area contributed by atoms with Crippen molar-refractivity contribution in [3.05, 3.63) is 30.1 Å². The number of carbonyl (C=O) groups excluding carboxylic acids is 1. The molecule has 1 saturated carbocycles. The van der Waals surface area contributed by atoms with Crippen molar-refractivity contribution >= 4 is 17.1 Å². The summed E-state index contributed by atoms with van der Waals surface area (Å²) < 4.78 is 5.99. The van der Waals surface area contributed by atoms with Crippen LogP contribution in [0.5, 0.6) is 0 Å². The Hall–Kier alpha value is -2.08. The number of benzene rings is 1. The highest BCUT2D eigenvalue weighted by Gasteiger charge is 2.40. The number of aryl methyl sites for hydroxylation is 1. The predicted molar refractivity (Wildman–Crippen MR) is 96.5 cm³/mol. The van der Waals surface area contributed by atoms with Gasteiger partial charge in [0.25, 0.3) is 0 Å². The number of aromatic amines is 1. The van der Waals surface area contributed by atoms with Gasteiger partial charge in [-0.25, -0.2) is 9.78 Å². The molecule has 0 bridgehead atoms. The Morgan fingerprint density at radius 3 is 3.00 bits per heavy atom. The number of carbonyl (C=O) groups is 1. The summed E-state index contributed by atoms with van der Waals surface area (Å²) in [6, 6.07) is 8.08. The molecule has 1 spiro atoms. The van der Waals surface area contributed by atoms with E-state index in [0.717, 1.165) is 49.1 Å². The van der Waals surface area contributed by atoms with Crippen molar-refractivity contribution < 1.29 is 9.53 Å². The van der Waals surface area contributed by atoms with Crippen LogP contribution in [-0.2, 0) is 11.2 Å². The molecule has 2 fully saturated rings. The van der Waals surface area contributed by atoms with Gasteiger partial charge in [-0.3, -0.25) is 0 Å². The normalized spacial score (nSPS) is 19.6. The van der Waals surface area contributed by atoms with Crippen LogP contribution in [0.15, 0.2) is 24.3 Å². The Labute approximate surface area is 147 Å². The standard InChI is InChI=1S/C19H26N4O2/c24-18(23-12-13-25-19(14-23)9-3-4-10-19)20-11-5-8-17-21-15-6-1-2-7-16(15)22-17/h1-2,6-7H,3-5,8-14H2,(H,20,24)(H,21,22). The van der Waals surface area contributed by atoms with E-state index in [1.165, 1.54) is 12.8 Å². The van der Waals surface area contributed by atoms with E-state index in [2.05, 4.69) is 15.3 Å². The lowest BCUT2D eigenvalue weighted by Gasteiger charge is -2.40. The first-order chi connectivity index (χ1) is 12.2. The Morgan fingerprint density at radius 2 is 2.16 bits per heavy atom. The molecule has 1 aliphatic heterocycles. The van der Waals surface area contributed by atoms with Gasteiger partial charge in [0, 0.05) is 19.5 Å². The smallest absolute Gasteiger partial charge is 0.317 e. The summed E-state index contributed by atoms with van der Waals surface area (Å²) in [5.41, 5.74) is 2.00. The SMILES string of the molecule is O=C(NCCCc1nc2ccccc2[nH]1)N1CCOC2(CCCC2)C1. The highest BCUT2D eigenvalue weighted by Crippen LogP contribution is 2.35. The number of morpholine rings is 1. The molecule has 1 saturated heterocycles. The number of aromatic nitrogens is 2. The van der Waals surface area contributed by atoms with Crippen molar-refractivity contribution in [3.8, 4) is 0 Å². The lowest BCUT2D eigenvalue weighted by Crippen LogP contribution is -2.55. The second kappa shape index (κ2) is 7.04. The van der Waals surface area contributed by atoms with Crippen LogP contribution in [0.25, 0.3) is 11.0 Å². The molecule has 1 aromatic carbocycles. The van der Waals surface area contributed by atoms with Crippen LogP contribution in [0.1, 0.15) is 37.9 Å². The highest BCUT2D eigenvalue weighted by molar-refractivity contribution is 5.75. The van der Waals surface area contributed by atoms with Gasteiger partial charge in [-0.05, 0) is 31.4 Å². The largest absolute Gasteiger partial charge is 0.371 e. The van der Waals surface area contributed by atoms with E-state index in [1.54, 1.807) is 0 Å². The third-order valence-corrected chi connectivity index (χ3v) is 5.36. The lowest BCUT2D eigenvalue weighted by atomic mass is 10.00. The number of hydrogen-bond acceptors (Lipinski definition) is 3. The van der Waals surface area contributed by atoms with Crippen molar-refractivity contribution in [2.24, 2.45) is 0 Å². The number of ether oxygens (including phenoxy) is 1. The summed E-state index contributed by atoms with van der Waals surface area (Å²) in [4.78, 5) is 22.3. The van der Waals surface area contributed by atoms with Gasteiger partial charge in [0.1, 0.15) is 5.82 Å². The number of fused-ring (bicyclic) bond motifs is 1. The van der Waals surface area contributed by atoms with Crippen molar-refractivity contribution in [2.75, 3.05) is 26.2 Å². The molecule has 2 aromatic rings. The van der Waals surface area contributed by atoms with Crippen molar-refractivity contribution in [1.82, 2.24) is 20.2 Å². The van der Waals surface area contributed by atoms with Gasteiger partial charge >= 0.3 is 6.03 Å². The van der Waals surface area contributed by atoms with E-state index in [9.17, 15) is 4.79 Å². The molecule has 1 aliphatic carbocycles. The first kappa shape index (κ1) is 16.4. The third-order valence-electron chi connectivity index (χ3n) is 5.36. The summed E-state index contributed by atoms with van der Waals surface area (Å²) in [5.74, 6) is 0.978. The van der Waals surface area contributed by atoms with E-state index in [1.807, 2.05) is 29.2 Å². The van der Waals surface area contributed by atoms with Gasteiger partial charge in [-0.15, -0.1) is 0 Å². The molecule has 25 heavy (non-hydrogen) atoms. The second-order valence-electron chi connectivity index (χ2n) is 7.20. The summed E-state index contributed by atoms with van der Waals surface area (Å²) in [7, 11) is 0. The van der Waals surface area contributed by atoms with E-state index in [4.69, 9.17) is 4.74 Å². The number of nitrogens with zero attached hydrogens (tertiary/aromatic N) is 2. The summed E-state index contributed by atoms with van der Waals surface area (Å²) in [6.45, 7) is 2.76. The lowest BCUT2D eigenvalue weighted by molar-refractivity contribution is -0.0925. The predicted octanol–water partition coefficient (Wildman–Crippen LogP) is 2.85. The van der Waals surface area contributed by atoms with Crippen LogP contribution < -0.4 is 5.32 Å². The molecule has 134 valence electrons. The minimum atomic E-state index is -0.0656. The Bertz CT molecular complexity index is 703. The Balaban J connectivity index is 1.23. The summed E-state index contributed by atoms with van der Waals surface area (Å²) in [5, 5.41) is 3.05. The fraction of sp³-hybridized carbons (Fsp3) is 0.579. The molecule has 6 nitrogen and oxygen atoms in total. The van der Waals surface area contributed by atoms with Crippen molar-refractivity contribution in [2.45, 2.75) is 44.1 Å². The van der Waals surface area contributed by atoms with Gasteiger partial charge < -0.3 is 19.9 Å². The molecule has 2 N–H and O–H groups in total. The van der Waals surface area contributed by atoms with Crippen molar-refractivity contribution in [3.63, 3.8) is 0 Å². The number of H-pyrrole nitrogens is 1. The van der Waals surface area contributed by atoms with Gasteiger partial charge in [0.15, 0.2) is 0 Å². The van der Waals surface area contributed by atoms with Gasteiger partial charge in [-0.1, -0.05) is 25.0 Å².